The fraction of sp³-hybridized carbons (Fsp3) is 0.478. The van der Waals surface area contributed by atoms with Crippen LogP contribution in [0.5, 0.6) is 0 Å². The van der Waals surface area contributed by atoms with E-state index in [4.69, 9.17) is 5.73 Å². The van der Waals surface area contributed by atoms with Crippen LogP contribution in [0.15, 0.2) is 49.3 Å². The van der Waals surface area contributed by atoms with Gasteiger partial charge in [-0.2, -0.15) is 0 Å². The summed E-state index contributed by atoms with van der Waals surface area (Å²) in [7, 11) is 2.05. The molecule has 0 radical (unpaired) electrons. The third kappa shape index (κ3) is 4.78. The van der Waals surface area contributed by atoms with E-state index in [1.165, 1.54) is 5.56 Å². The predicted octanol–water partition coefficient (Wildman–Crippen LogP) is 6.06. The van der Waals surface area contributed by atoms with Crippen molar-refractivity contribution >= 4 is 6.08 Å². The molecule has 0 heterocycles. The number of allylic oxidation sites excluding steroid dienone is 1. The largest absolute Gasteiger partial charge is 0.401 e. The van der Waals surface area contributed by atoms with Crippen LogP contribution in [0.4, 0.5) is 0 Å². The van der Waals surface area contributed by atoms with E-state index in [1.54, 1.807) is 0 Å². The number of rotatable bonds is 7. The van der Waals surface area contributed by atoms with Crippen molar-refractivity contribution in [2.75, 3.05) is 7.05 Å². The lowest BCUT2D eigenvalue weighted by Crippen LogP contribution is -2.35. The van der Waals surface area contributed by atoms with Crippen molar-refractivity contribution < 1.29 is 0 Å². The Balaban J connectivity index is 3.24. The number of hydrogen-bond acceptors (Lipinski definition) is 2. The highest BCUT2D eigenvalue weighted by atomic mass is 15.2. The van der Waals surface area contributed by atoms with E-state index >= 15 is 0 Å². The van der Waals surface area contributed by atoms with Crippen LogP contribution >= 0.6 is 0 Å². The van der Waals surface area contributed by atoms with Gasteiger partial charge in [-0.1, -0.05) is 84.2 Å². The maximum atomic E-state index is 6.22. The van der Waals surface area contributed by atoms with Gasteiger partial charge in [0.05, 0.1) is 6.04 Å². The van der Waals surface area contributed by atoms with Crippen LogP contribution in [0.3, 0.4) is 0 Å². The lowest BCUT2D eigenvalue weighted by molar-refractivity contribution is 0.118. The summed E-state index contributed by atoms with van der Waals surface area (Å²) in [5, 5.41) is 0. The van der Waals surface area contributed by atoms with Crippen molar-refractivity contribution in [1.29, 1.82) is 0 Å². The maximum absolute atomic E-state index is 6.22. The zero-order valence-electron chi connectivity index (χ0n) is 17.2. The average molecular weight is 341 g/mol. The fourth-order valence-electron chi connectivity index (χ4n) is 2.86. The molecule has 1 atom stereocenters. The van der Waals surface area contributed by atoms with Gasteiger partial charge in [0.15, 0.2) is 0 Å². The molecule has 2 heteroatoms. The Hall–Kier alpha value is -1.96. The van der Waals surface area contributed by atoms with Crippen LogP contribution < -0.4 is 5.73 Å². The first-order valence-electron chi connectivity index (χ1n) is 8.89. The SMILES string of the molecule is C=Cc1ccc(C)cc1C(C(=C)N)N(C)C(=C)CC(C)(C)C(C)(C)C. The molecule has 0 amide bonds. The minimum atomic E-state index is -0.115. The van der Waals surface area contributed by atoms with Gasteiger partial charge in [0.1, 0.15) is 0 Å². The first kappa shape index (κ1) is 21.1. The number of nitrogens with zero attached hydrogens (tertiary/aromatic N) is 1. The first-order chi connectivity index (χ1) is 11.3. The third-order valence-electron chi connectivity index (χ3n) is 5.67. The van der Waals surface area contributed by atoms with Gasteiger partial charge in [0.25, 0.3) is 0 Å². The van der Waals surface area contributed by atoms with Crippen molar-refractivity contribution in [2.24, 2.45) is 16.6 Å². The topological polar surface area (TPSA) is 29.3 Å². The molecule has 0 aliphatic carbocycles. The second-order valence-corrected chi connectivity index (χ2v) is 8.80. The highest BCUT2D eigenvalue weighted by molar-refractivity contribution is 5.55. The van der Waals surface area contributed by atoms with Gasteiger partial charge in [0, 0.05) is 18.4 Å². The molecule has 1 rings (SSSR count). The Morgan fingerprint density at radius 2 is 1.76 bits per heavy atom. The van der Waals surface area contributed by atoms with E-state index in [9.17, 15) is 0 Å². The normalized spacial score (nSPS) is 13.2. The molecule has 1 aromatic rings. The summed E-state index contributed by atoms with van der Waals surface area (Å²) in [5.41, 5.74) is 11.6. The Morgan fingerprint density at radius 1 is 1.20 bits per heavy atom. The molecule has 2 N–H and O–H groups in total. The van der Waals surface area contributed by atoms with Crippen LogP contribution in [0.1, 0.15) is 63.8 Å². The molecular formula is C23H36N2. The van der Waals surface area contributed by atoms with Crippen molar-refractivity contribution in [3.63, 3.8) is 0 Å². The summed E-state index contributed by atoms with van der Waals surface area (Å²) in [4.78, 5) is 2.16. The number of nitrogens with two attached hydrogens (primary N) is 1. The summed E-state index contributed by atoms with van der Waals surface area (Å²) < 4.78 is 0. The van der Waals surface area contributed by atoms with Crippen molar-refractivity contribution in [3.8, 4) is 0 Å². The molecule has 0 bridgehead atoms. The van der Waals surface area contributed by atoms with Gasteiger partial charge in [-0.05, 0) is 35.3 Å². The maximum Gasteiger partial charge on any atom is 0.0932 e. The van der Waals surface area contributed by atoms with Crippen molar-refractivity contribution in [2.45, 2.75) is 54.0 Å². The Kier molecular flexibility index (Phi) is 6.33. The predicted molar refractivity (Wildman–Crippen MR) is 112 cm³/mol. The van der Waals surface area contributed by atoms with Crippen LogP contribution in [-0.4, -0.2) is 11.9 Å². The number of benzene rings is 1. The molecule has 0 aromatic heterocycles. The average Bonchev–Trinajstić information content (AvgIpc) is 2.45. The molecule has 25 heavy (non-hydrogen) atoms. The van der Waals surface area contributed by atoms with Gasteiger partial charge < -0.3 is 10.6 Å². The molecule has 0 spiro atoms. The molecule has 0 aliphatic rings. The molecule has 0 saturated heterocycles. The molecule has 0 aliphatic heterocycles. The Labute approximate surface area is 155 Å². The summed E-state index contributed by atoms with van der Waals surface area (Å²) in [6.07, 6.45) is 2.77. The highest BCUT2D eigenvalue weighted by Gasteiger charge is 2.34. The Morgan fingerprint density at radius 3 is 2.20 bits per heavy atom. The van der Waals surface area contributed by atoms with Gasteiger partial charge >= 0.3 is 0 Å². The van der Waals surface area contributed by atoms with E-state index in [1.807, 2.05) is 6.08 Å². The van der Waals surface area contributed by atoms with Crippen molar-refractivity contribution in [3.05, 3.63) is 66.0 Å². The van der Waals surface area contributed by atoms with E-state index in [-0.39, 0.29) is 16.9 Å². The first-order valence-corrected chi connectivity index (χ1v) is 8.89. The quantitative estimate of drug-likeness (QED) is 0.653. The number of aryl methyl sites for hydroxylation is 1. The minimum Gasteiger partial charge on any atom is -0.401 e. The lowest BCUT2D eigenvalue weighted by atomic mass is 9.67. The molecule has 0 saturated carbocycles. The van der Waals surface area contributed by atoms with E-state index in [0.717, 1.165) is 23.2 Å². The second kappa shape index (κ2) is 7.51. The second-order valence-electron chi connectivity index (χ2n) is 8.80. The fourth-order valence-corrected chi connectivity index (χ4v) is 2.86. The highest BCUT2D eigenvalue weighted by Crippen LogP contribution is 2.44. The molecule has 1 unspecified atom stereocenters. The Bertz CT molecular complexity index is 659. The van der Waals surface area contributed by atoms with Gasteiger partial charge in [-0.3, -0.25) is 0 Å². The van der Waals surface area contributed by atoms with E-state index < -0.39 is 0 Å². The summed E-state index contributed by atoms with van der Waals surface area (Å²) >= 11 is 0. The summed E-state index contributed by atoms with van der Waals surface area (Å²) in [6.45, 7) is 25.8. The zero-order chi connectivity index (χ0) is 19.6. The van der Waals surface area contributed by atoms with E-state index in [2.05, 4.69) is 91.4 Å². The van der Waals surface area contributed by atoms with Crippen LogP contribution in [0, 0.1) is 17.8 Å². The monoisotopic (exact) mass is 340 g/mol. The lowest BCUT2D eigenvalue weighted by Gasteiger charge is -2.42. The van der Waals surface area contributed by atoms with E-state index in [0.29, 0.717) is 5.70 Å². The molecular weight excluding hydrogens is 304 g/mol. The molecule has 138 valence electrons. The molecule has 2 nitrogen and oxygen atoms in total. The molecule has 0 fully saturated rings. The summed E-state index contributed by atoms with van der Waals surface area (Å²) in [6, 6.07) is 6.23. The van der Waals surface area contributed by atoms with Gasteiger partial charge in [-0.15, -0.1) is 0 Å². The summed E-state index contributed by atoms with van der Waals surface area (Å²) in [5.74, 6) is 0. The van der Waals surface area contributed by atoms with Crippen LogP contribution in [0.2, 0.25) is 0 Å². The standard InChI is InChI=1S/C23H36N2/c1-11-19-13-12-16(2)14-20(19)21(18(4)24)25(10)17(3)15-23(8,9)22(5,6)7/h11-14,21H,1,3-4,15,24H2,2,5-10H3. The third-order valence-corrected chi connectivity index (χ3v) is 5.67. The van der Waals surface area contributed by atoms with Crippen molar-refractivity contribution in [1.82, 2.24) is 4.90 Å². The zero-order valence-corrected chi connectivity index (χ0v) is 17.2. The molecule has 1 aromatic carbocycles. The number of hydrogen-bond donors (Lipinski definition) is 1. The van der Waals surface area contributed by atoms with Crippen LogP contribution in [0.25, 0.3) is 6.08 Å². The van der Waals surface area contributed by atoms with Gasteiger partial charge in [-0.25, -0.2) is 0 Å². The smallest absolute Gasteiger partial charge is 0.0932 e. The number of likely N-dealkylation sites (N-methyl/N-ethyl adjacent to an activating group) is 1. The minimum absolute atomic E-state index is 0.115. The van der Waals surface area contributed by atoms with Crippen LogP contribution in [-0.2, 0) is 0 Å². The van der Waals surface area contributed by atoms with Gasteiger partial charge in [0.2, 0.25) is 0 Å².